The van der Waals surface area contributed by atoms with Crippen molar-refractivity contribution >= 4 is 28.8 Å². The number of amides is 1. The molecule has 0 bridgehead atoms. The first-order valence-corrected chi connectivity index (χ1v) is 9.88. The number of likely N-dealkylation sites (tertiary alicyclic amines) is 1. The first kappa shape index (κ1) is 18.2. The predicted octanol–water partition coefficient (Wildman–Crippen LogP) is 3.46. The molecule has 0 spiro atoms. The maximum absolute atomic E-state index is 12.8. The highest BCUT2D eigenvalue weighted by atomic mass is 32.1. The number of imidazole rings is 1. The third kappa shape index (κ3) is 3.36. The van der Waals surface area contributed by atoms with Gasteiger partial charge in [-0.05, 0) is 17.9 Å². The predicted molar refractivity (Wildman–Crippen MR) is 107 cm³/mol. The first-order valence-electron chi connectivity index (χ1n) is 9.00. The molecule has 1 aromatic carbocycles. The second kappa shape index (κ2) is 7.82. The van der Waals surface area contributed by atoms with E-state index in [0.717, 1.165) is 4.88 Å². The van der Waals surface area contributed by atoms with Crippen LogP contribution in [0.2, 0.25) is 0 Å². The molecule has 0 saturated carbocycles. The van der Waals surface area contributed by atoms with Gasteiger partial charge in [-0.15, -0.1) is 11.3 Å². The summed E-state index contributed by atoms with van der Waals surface area (Å²) in [6, 6.07) is 12.1. The molecule has 1 saturated heterocycles. The highest BCUT2D eigenvalue weighted by molar-refractivity contribution is 7.10. The molecular formula is C21H19N3O3S. The summed E-state index contributed by atoms with van der Waals surface area (Å²) in [5.41, 5.74) is 0.682. The van der Waals surface area contributed by atoms with Crippen LogP contribution in [0.3, 0.4) is 0 Å². The molecule has 142 valence electrons. The standard InChI is InChI=1S/C21H19N3O3S/c25-19(15-6-2-1-3-7-15)17-18(16-8-4-13-28-16)24(21(27)20(17)26)11-5-10-23-12-9-22-14-23/h1-4,6-9,12-14,18,25H,5,10-11H2/b19-17+. The number of benzene rings is 1. The SMILES string of the molecule is O=C1C(=O)N(CCCn2ccnc2)C(c2cccs2)/C1=C(\O)c1ccccc1. The minimum absolute atomic E-state index is 0.130. The van der Waals surface area contributed by atoms with Gasteiger partial charge in [0, 0.05) is 35.9 Å². The Bertz CT molecular complexity index is 995. The molecule has 6 nitrogen and oxygen atoms in total. The Balaban J connectivity index is 1.68. The molecule has 3 aromatic rings. The van der Waals surface area contributed by atoms with E-state index in [0.29, 0.717) is 25.1 Å². The zero-order valence-corrected chi connectivity index (χ0v) is 15.9. The van der Waals surface area contributed by atoms with E-state index < -0.39 is 17.7 Å². The van der Waals surface area contributed by atoms with Gasteiger partial charge in [-0.1, -0.05) is 36.4 Å². The third-order valence-corrected chi connectivity index (χ3v) is 5.70. The van der Waals surface area contributed by atoms with Gasteiger partial charge < -0.3 is 14.6 Å². The highest BCUT2D eigenvalue weighted by Crippen LogP contribution is 2.41. The van der Waals surface area contributed by atoms with Gasteiger partial charge in [-0.3, -0.25) is 9.59 Å². The van der Waals surface area contributed by atoms with Crippen LogP contribution in [0.15, 0.2) is 72.1 Å². The topological polar surface area (TPSA) is 75.4 Å². The molecule has 7 heteroatoms. The molecule has 3 heterocycles. The number of carbonyl (C=O) groups is 2. The van der Waals surface area contributed by atoms with Crippen LogP contribution in [-0.4, -0.2) is 37.8 Å². The highest BCUT2D eigenvalue weighted by Gasteiger charge is 2.46. The summed E-state index contributed by atoms with van der Waals surface area (Å²) >= 11 is 1.47. The van der Waals surface area contributed by atoms with Crippen LogP contribution < -0.4 is 0 Å². The van der Waals surface area contributed by atoms with Gasteiger partial charge in [0.1, 0.15) is 5.76 Å². The number of hydrogen-bond acceptors (Lipinski definition) is 5. The summed E-state index contributed by atoms with van der Waals surface area (Å²) < 4.78 is 1.93. The minimum Gasteiger partial charge on any atom is -0.507 e. The Morgan fingerprint density at radius 1 is 1.11 bits per heavy atom. The van der Waals surface area contributed by atoms with Crippen molar-refractivity contribution in [1.82, 2.24) is 14.5 Å². The number of Topliss-reactive ketones (excluding diaryl/α,β-unsaturated/α-hetero) is 1. The Labute approximate surface area is 166 Å². The van der Waals surface area contributed by atoms with Crippen LogP contribution in [-0.2, 0) is 16.1 Å². The molecule has 0 aliphatic carbocycles. The van der Waals surface area contributed by atoms with Gasteiger partial charge in [0.2, 0.25) is 0 Å². The quantitative estimate of drug-likeness (QED) is 0.395. The number of hydrogen-bond donors (Lipinski definition) is 1. The van der Waals surface area contributed by atoms with Gasteiger partial charge in [-0.2, -0.15) is 0 Å². The van der Waals surface area contributed by atoms with Crippen LogP contribution >= 0.6 is 11.3 Å². The maximum Gasteiger partial charge on any atom is 0.295 e. The van der Waals surface area contributed by atoms with E-state index in [1.165, 1.54) is 11.3 Å². The van der Waals surface area contributed by atoms with Crippen molar-refractivity contribution in [1.29, 1.82) is 0 Å². The second-order valence-corrected chi connectivity index (χ2v) is 7.51. The molecule has 2 aromatic heterocycles. The van der Waals surface area contributed by atoms with E-state index in [9.17, 15) is 14.7 Å². The summed E-state index contributed by atoms with van der Waals surface area (Å²) in [4.78, 5) is 32.0. The van der Waals surface area contributed by atoms with Crippen molar-refractivity contribution in [3.63, 3.8) is 0 Å². The molecule has 1 fully saturated rings. The Morgan fingerprint density at radius 2 is 1.93 bits per heavy atom. The van der Waals surface area contributed by atoms with Gasteiger partial charge in [-0.25, -0.2) is 4.98 Å². The van der Waals surface area contributed by atoms with Gasteiger partial charge >= 0.3 is 0 Å². The number of carbonyl (C=O) groups excluding carboxylic acids is 2. The van der Waals surface area contributed by atoms with Crippen molar-refractivity contribution in [2.75, 3.05) is 6.54 Å². The van der Waals surface area contributed by atoms with Gasteiger partial charge in [0.25, 0.3) is 11.7 Å². The number of rotatable bonds is 6. The smallest absolute Gasteiger partial charge is 0.295 e. The fourth-order valence-electron chi connectivity index (χ4n) is 3.45. The van der Waals surface area contributed by atoms with Crippen molar-refractivity contribution < 1.29 is 14.7 Å². The Hall–Kier alpha value is -3.19. The second-order valence-electron chi connectivity index (χ2n) is 6.53. The average Bonchev–Trinajstić information content (AvgIpc) is 3.46. The lowest BCUT2D eigenvalue weighted by Gasteiger charge is -2.24. The lowest BCUT2D eigenvalue weighted by molar-refractivity contribution is -0.139. The van der Waals surface area contributed by atoms with Crippen molar-refractivity contribution in [3.8, 4) is 0 Å². The normalized spacial score (nSPS) is 18.7. The largest absolute Gasteiger partial charge is 0.507 e. The van der Waals surface area contributed by atoms with Crippen LogP contribution in [0.5, 0.6) is 0 Å². The molecule has 1 unspecified atom stereocenters. The number of aryl methyl sites for hydroxylation is 1. The Kier molecular flexibility index (Phi) is 5.08. The van der Waals surface area contributed by atoms with E-state index in [4.69, 9.17) is 0 Å². The number of aliphatic hydroxyl groups is 1. The number of ketones is 1. The molecule has 1 amide bonds. The molecule has 4 rings (SSSR count). The number of thiophene rings is 1. The van der Waals surface area contributed by atoms with Crippen LogP contribution in [0, 0.1) is 0 Å². The van der Waals surface area contributed by atoms with Crippen molar-refractivity contribution in [3.05, 3.63) is 82.6 Å². The molecule has 1 aliphatic heterocycles. The average molecular weight is 393 g/mol. The van der Waals surface area contributed by atoms with Crippen LogP contribution in [0.25, 0.3) is 5.76 Å². The third-order valence-electron chi connectivity index (χ3n) is 4.77. The summed E-state index contributed by atoms with van der Waals surface area (Å²) in [5, 5.41) is 12.7. The lowest BCUT2D eigenvalue weighted by Crippen LogP contribution is -2.31. The van der Waals surface area contributed by atoms with Gasteiger partial charge in [0.15, 0.2) is 0 Å². The van der Waals surface area contributed by atoms with E-state index in [1.807, 2.05) is 34.3 Å². The summed E-state index contributed by atoms with van der Waals surface area (Å²) in [5.74, 6) is -1.33. The van der Waals surface area contributed by atoms with Crippen molar-refractivity contribution in [2.24, 2.45) is 0 Å². The molecule has 28 heavy (non-hydrogen) atoms. The van der Waals surface area contributed by atoms with E-state index in [2.05, 4.69) is 4.98 Å². The van der Waals surface area contributed by atoms with E-state index in [-0.39, 0.29) is 11.3 Å². The van der Waals surface area contributed by atoms with Crippen LogP contribution in [0.1, 0.15) is 22.9 Å². The number of nitrogens with zero attached hydrogens (tertiary/aromatic N) is 3. The minimum atomic E-state index is -0.637. The summed E-state index contributed by atoms with van der Waals surface area (Å²) in [6.07, 6.45) is 5.97. The van der Waals surface area contributed by atoms with Crippen LogP contribution in [0.4, 0.5) is 0 Å². The summed E-state index contributed by atoms with van der Waals surface area (Å²) in [6.45, 7) is 1.11. The number of aromatic nitrogens is 2. The Morgan fingerprint density at radius 3 is 2.61 bits per heavy atom. The number of aliphatic hydroxyl groups excluding tert-OH is 1. The fraction of sp³-hybridized carbons (Fsp3) is 0.190. The van der Waals surface area contributed by atoms with E-state index in [1.54, 1.807) is 41.7 Å². The first-order chi connectivity index (χ1) is 13.7. The molecule has 1 N–H and O–H groups in total. The molecule has 1 atom stereocenters. The van der Waals surface area contributed by atoms with E-state index >= 15 is 0 Å². The molecular weight excluding hydrogens is 374 g/mol. The fourth-order valence-corrected chi connectivity index (χ4v) is 4.29. The molecule has 1 aliphatic rings. The lowest BCUT2D eigenvalue weighted by atomic mass is 10.00. The zero-order chi connectivity index (χ0) is 19.5. The monoisotopic (exact) mass is 393 g/mol. The molecule has 0 radical (unpaired) electrons. The van der Waals surface area contributed by atoms with Gasteiger partial charge in [0.05, 0.1) is 17.9 Å². The summed E-state index contributed by atoms with van der Waals surface area (Å²) in [7, 11) is 0. The maximum atomic E-state index is 12.8. The van der Waals surface area contributed by atoms with Crippen molar-refractivity contribution in [2.45, 2.75) is 19.0 Å². The zero-order valence-electron chi connectivity index (χ0n) is 15.1.